The van der Waals surface area contributed by atoms with E-state index in [2.05, 4.69) is 5.10 Å². The van der Waals surface area contributed by atoms with Crippen LogP contribution >= 0.6 is 0 Å². The fourth-order valence-electron chi connectivity index (χ4n) is 1.50. The quantitative estimate of drug-likeness (QED) is 0.859. The van der Waals surface area contributed by atoms with Crippen molar-refractivity contribution in [1.82, 2.24) is 9.78 Å². The minimum absolute atomic E-state index is 0.548. The molecule has 0 saturated heterocycles. The van der Waals surface area contributed by atoms with Gasteiger partial charge in [0.2, 0.25) is 0 Å². The Hall–Kier alpha value is -1.81. The second-order valence-electron chi connectivity index (χ2n) is 3.67. The maximum Gasteiger partial charge on any atom is 0.165 e. The molecule has 16 heavy (non-hydrogen) atoms. The molecule has 0 saturated carbocycles. The summed E-state index contributed by atoms with van der Waals surface area (Å²) in [6.07, 6.45) is 2.87. The molecule has 0 aliphatic carbocycles. The van der Waals surface area contributed by atoms with Gasteiger partial charge in [0.05, 0.1) is 18.5 Å². The molecule has 0 radical (unpaired) electrons. The zero-order valence-corrected chi connectivity index (χ0v) is 9.29. The zero-order chi connectivity index (χ0) is 11.5. The number of hydrogen-bond acceptors (Lipinski definition) is 3. The Morgan fingerprint density at radius 3 is 2.75 bits per heavy atom. The van der Waals surface area contributed by atoms with Gasteiger partial charge >= 0.3 is 0 Å². The first-order valence-corrected chi connectivity index (χ1v) is 5.10. The molecule has 2 aromatic rings. The Kier molecular flexibility index (Phi) is 2.92. The molecule has 0 aliphatic heterocycles. The van der Waals surface area contributed by atoms with Crippen molar-refractivity contribution < 1.29 is 9.84 Å². The van der Waals surface area contributed by atoms with Crippen molar-refractivity contribution >= 4 is 0 Å². The minimum atomic E-state index is -0.548. The number of hydrogen-bond donors (Lipinski definition) is 1. The molecule has 0 amide bonds. The SMILES string of the molecule is C[C@@H](O)c1ccccc1Oc1cnn(C)c1. The lowest BCUT2D eigenvalue weighted by molar-refractivity contribution is 0.195. The molecule has 84 valence electrons. The second-order valence-corrected chi connectivity index (χ2v) is 3.67. The fraction of sp³-hybridized carbons (Fsp3) is 0.250. The van der Waals surface area contributed by atoms with Crippen molar-refractivity contribution in [3.05, 3.63) is 42.2 Å². The van der Waals surface area contributed by atoms with Crippen molar-refractivity contribution in [2.75, 3.05) is 0 Å². The maximum atomic E-state index is 9.59. The van der Waals surface area contributed by atoms with Gasteiger partial charge in [-0.05, 0) is 13.0 Å². The molecule has 0 aliphatic rings. The van der Waals surface area contributed by atoms with Crippen LogP contribution in [-0.4, -0.2) is 14.9 Å². The number of aryl methyl sites for hydroxylation is 1. The Morgan fingerprint density at radius 2 is 2.12 bits per heavy atom. The lowest BCUT2D eigenvalue weighted by Crippen LogP contribution is -1.95. The fourth-order valence-corrected chi connectivity index (χ4v) is 1.50. The molecule has 4 nitrogen and oxygen atoms in total. The summed E-state index contributed by atoms with van der Waals surface area (Å²) in [5, 5.41) is 13.6. The standard InChI is InChI=1S/C12H14N2O2/c1-9(15)11-5-3-4-6-12(11)16-10-7-13-14(2)8-10/h3-9,15H,1-2H3/t9-/m1/s1. The summed E-state index contributed by atoms with van der Waals surface area (Å²) in [5.74, 6) is 1.32. The van der Waals surface area contributed by atoms with Crippen LogP contribution in [0.4, 0.5) is 0 Å². The van der Waals surface area contributed by atoms with E-state index < -0.39 is 6.10 Å². The van der Waals surface area contributed by atoms with Crippen molar-refractivity contribution in [3.8, 4) is 11.5 Å². The summed E-state index contributed by atoms with van der Waals surface area (Å²) in [5.41, 5.74) is 0.770. The largest absolute Gasteiger partial charge is 0.454 e. The van der Waals surface area contributed by atoms with Crippen LogP contribution in [0.25, 0.3) is 0 Å². The topological polar surface area (TPSA) is 47.3 Å². The normalized spacial score (nSPS) is 12.4. The number of ether oxygens (including phenoxy) is 1. The highest BCUT2D eigenvalue weighted by molar-refractivity contribution is 5.37. The van der Waals surface area contributed by atoms with E-state index in [1.54, 1.807) is 24.0 Å². The van der Waals surface area contributed by atoms with Crippen LogP contribution in [0.2, 0.25) is 0 Å². The van der Waals surface area contributed by atoms with E-state index in [1.165, 1.54) is 0 Å². The summed E-state index contributed by atoms with van der Waals surface area (Å²) < 4.78 is 7.32. The van der Waals surface area contributed by atoms with Gasteiger partial charge in [0.15, 0.2) is 5.75 Å². The first kappa shape index (κ1) is 10.7. The molecule has 1 heterocycles. The molecule has 1 aromatic carbocycles. The monoisotopic (exact) mass is 218 g/mol. The molecular formula is C12H14N2O2. The molecule has 0 bridgehead atoms. The van der Waals surface area contributed by atoms with Gasteiger partial charge in [-0.1, -0.05) is 18.2 Å². The van der Waals surface area contributed by atoms with Crippen molar-refractivity contribution in [2.45, 2.75) is 13.0 Å². The van der Waals surface area contributed by atoms with E-state index in [0.29, 0.717) is 11.5 Å². The molecule has 1 aromatic heterocycles. The van der Waals surface area contributed by atoms with Crippen molar-refractivity contribution in [1.29, 1.82) is 0 Å². The molecule has 4 heteroatoms. The molecule has 0 fully saturated rings. The van der Waals surface area contributed by atoms with Gasteiger partial charge in [-0.2, -0.15) is 5.10 Å². The van der Waals surface area contributed by atoms with E-state index in [9.17, 15) is 5.11 Å². The molecule has 1 N–H and O–H groups in total. The number of aliphatic hydroxyl groups excluding tert-OH is 1. The number of aliphatic hydroxyl groups is 1. The highest BCUT2D eigenvalue weighted by atomic mass is 16.5. The van der Waals surface area contributed by atoms with Crippen molar-refractivity contribution in [3.63, 3.8) is 0 Å². The average Bonchev–Trinajstić information content (AvgIpc) is 2.64. The van der Waals surface area contributed by atoms with Crippen LogP contribution < -0.4 is 4.74 Å². The van der Waals surface area contributed by atoms with Gasteiger partial charge in [0, 0.05) is 12.6 Å². The summed E-state index contributed by atoms with van der Waals surface area (Å²) in [6, 6.07) is 7.42. The van der Waals surface area contributed by atoms with Gasteiger partial charge in [0.25, 0.3) is 0 Å². The van der Waals surface area contributed by atoms with Gasteiger partial charge < -0.3 is 9.84 Å². The summed E-state index contributed by atoms with van der Waals surface area (Å²) in [4.78, 5) is 0. The molecule has 2 rings (SSSR count). The maximum absolute atomic E-state index is 9.59. The number of nitrogens with zero attached hydrogens (tertiary/aromatic N) is 2. The van der Waals surface area contributed by atoms with Gasteiger partial charge in [-0.25, -0.2) is 0 Å². The van der Waals surface area contributed by atoms with Crippen LogP contribution in [0.1, 0.15) is 18.6 Å². The predicted octanol–water partition coefficient (Wildman–Crippen LogP) is 2.27. The Labute approximate surface area is 94.1 Å². The van der Waals surface area contributed by atoms with E-state index in [-0.39, 0.29) is 0 Å². The van der Waals surface area contributed by atoms with Gasteiger partial charge in [-0.15, -0.1) is 0 Å². The highest BCUT2D eigenvalue weighted by Gasteiger charge is 2.09. The second kappa shape index (κ2) is 4.37. The van der Waals surface area contributed by atoms with E-state index in [0.717, 1.165) is 5.56 Å². The molecule has 0 spiro atoms. The highest BCUT2D eigenvalue weighted by Crippen LogP contribution is 2.28. The summed E-state index contributed by atoms with van der Waals surface area (Å²) in [7, 11) is 1.83. The molecule has 1 atom stereocenters. The zero-order valence-electron chi connectivity index (χ0n) is 9.29. The van der Waals surface area contributed by atoms with Gasteiger partial charge in [-0.3, -0.25) is 4.68 Å². The average molecular weight is 218 g/mol. The number of para-hydroxylation sites is 1. The third kappa shape index (κ3) is 2.23. The Morgan fingerprint density at radius 1 is 1.38 bits per heavy atom. The van der Waals surface area contributed by atoms with E-state index in [4.69, 9.17) is 4.74 Å². The predicted molar refractivity (Wildman–Crippen MR) is 60.4 cm³/mol. The van der Waals surface area contributed by atoms with E-state index >= 15 is 0 Å². The van der Waals surface area contributed by atoms with Crippen LogP contribution in [-0.2, 0) is 7.05 Å². The van der Waals surface area contributed by atoms with Crippen LogP contribution in [0.3, 0.4) is 0 Å². The third-order valence-corrected chi connectivity index (χ3v) is 2.28. The Bertz CT molecular complexity index is 477. The lowest BCUT2D eigenvalue weighted by Gasteiger charge is -2.11. The van der Waals surface area contributed by atoms with Crippen LogP contribution in [0.5, 0.6) is 11.5 Å². The summed E-state index contributed by atoms with van der Waals surface area (Å²) >= 11 is 0. The Balaban J connectivity index is 2.27. The molecule has 0 unspecified atom stereocenters. The minimum Gasteiger partial charge on any atom is -0.454 e. The number of benzene rings is 1. The number of aromatic nitrogens is 2. The van der Waals surface area contributed by atoms with E-state index in [1.807, 2.05) is 31.3 Å². The third-order valence-electron chi connectivity index (χ3n) is 2.28. The van der Waals surface area contributed by atoms with Gasteiger partial charge in [0.1, 0.15) is 5.75 Å². The summed E-state index contributed by atoms with van der Waals surface area (Å²) in [6.45, 7) is 1.71. The first-order chi connectivity index (χ1) is 7.66. The first-order valence-electron chi connectivity index (χ1n) is 5.10. The van der Waals surface area contributed by atoms with Crippen LogP contribution in [0, 0.1) is 0 Å². The number of rotatable bonds is 3. The van der Waals surface area contributed by atoms with Crippen LogP contribution in [0.15, 0.2) is 36.7 Å². The molecular weight excluding hydrogens is 204 g/mol. The van der Waals surface area contributed by atoms with Crippen molar-refractivity contribution in [2.24, 2.45) is 7.05 Å². The smallest absolute Gasteiger partial charge is 0.165 e. The lowest BCUT2D eigenvalue weighted by atomic mass is 10.1.